The molecule has 1 aromatic heterocycles. The second-order valence-corrected chi connectivity index (χ2v) is 3.66. The molecule has 1 aliphatic heterocycles. The van der Waals surface area contributed by atoms with Crippen molar-refractivity contribution in [3.8, 4) is 0 Å². The topological polar surface area (TPSA) is 61.0 Å². The molecule has 5 nitrogen and oxygen atoms in total. The molecule has 0 radical (unpaired) electrons. The highest BCUT2D eigenvalue weighted by atomic mass is 16.2. The molecule has 5 heteroatoms. The fourth-order valence-electron chi connectivity index (χ4n) is 2.01. The molecule has 0 bridgehead atoms. The van der Waals surface area contributed by atoms with Crippen LogP contribution in [-0.2, 0) is 0 Å². The third kappa shape index (κ3) is 1.95. The molecule has 2 N–H and O–H groups in total. The number of H-pyrrole nitrogens is 1. The molecular formula is C10H16N4O. The number of nitrogens with one attached hydrogen (secondary N) is 2. The van der Waals surface area contributed by atoms with Gasteiger partial charge < -0.3 is 15.2 Å². The van der Waals surface area contributed by atoms with Crippen molar-refractivity contribution < 1.29 is 4.79 Å². The predicted octanol–water partition coefficient (Wildman–Crippen LogP) is 1.28. The van der Waals surface area contributed by atoms with Crippen LogP contribution in [0.2, 0.25) is 0 Å². The second-order valence-electron chi connectivity index (χ2n) is 3.66. The van der Waals surface area contributed by atoms with Gasteiger partial charge in [-0.1, -0.05) is 0 Å². The van der Waals surface area contributed by atoms with E-state index in [1.807, 2.05) is 11.8 Å². The van der Waals surface area contributed by atoms with Crippen molar-refractivity contribution in [2.45, 2.75) is 25.8 Å². The van der Waals surface area contributed by atoms with Crippen LogP contribution in [0.4, 0.5) is 4.79 Å². The van der Waals surface area contributed by atoms with E-state index in [-0.39, 0.29) is 12.1 Å². The van der Waals surface area contributed by atoms with Crippen LogP contribution in [0.3, 0.4) is 0 Å². The number of rotatable bonds is 2. The zero-order valence-electron chi connectivity index (χ0n) is 8.86. The third-order valence-electron chi connectivity index (χ3n) is 2.68. The van der Waals surface area contributed by atoms with Crippen molar-refractivity contribution in [3.63, 3.8) is 0 Å². The Morgan fingerprint density at radius 1 is 1.80 bits per heavy atom. The van der Waals surface area contributed by atoms with E-state index in [9.17, 15) is 4.79 Å². The maximum Gasteiger partial charge on any atom is 0.318 e. The smallest absolute Gasteiger partial charge is 0.318 e. The van der Waals surface area contributed by atoms with Crippen LogP contribution in [0.1, 0.15) is 31.6 Å². The Labute approximate surface area is 88.9 Å². The molecule has 0 saturated carbocycles. The minimum atomic E-state index is 0.0106. The molecule has 2 rings (SSSR count). The van der Waals surface area contributed by atoms with Gasteiger partial charge in [-0.05, 0) is 19.8 Å². The van der Waals surface area contributed by atoms with Gasteiger partial charge in [0.1, 0.15) is 5.82 Å². The zero-order chi connectivity index (χ0) is 10.7. The van der Waals surface area contributed by atoms with Crippen LogP contribution in [0.25, 0.3) is 0 Å². The molecule has 1 aromatic rings. The number of aromatic nitrogens is 2. The highest BCUT2D eigenvalue weighted by molar-refractivity contribution is 5.74. The van der Waals surface area contributed by atoms with Crippen molar-refractivity contribution in [2.24, 2.45) is 0 Å². The number of nitrogens with zero attached hydrogens (tertiary/aromatic N) is 2. The van der Waals surface area contributed by atoms with Gasteiger partial charge in [-0.2, -0.15) is 0 Å². The van der Waals surface area contributed by atoms with Gasteiger partial charge in [0.05, 0.1) is 6.04 Å². The highest BCUT2D eigenvalue weighted by Gasteiger charge is 2.31. The summed E-state index contributed by atoms with van der Waals surface area (Å²) in [5.74, 6) is 0.888. The lowest BCUT2D eigenvalue weighted by Crippen LogP contribution is -2.39. The molecule has 0 spiro atoms. The van der Waals surface area contributed by atoms with Crippen LogP contribution >= 0.6 is 0 Å². The number of hydrogen-bond acceptors (Lipinski definition) is 2. The summed E-state index contributed by atoms with van der Waals surface area (Å²) in [6, 6.07) is 0.128. The molecule has 1 saturated heterocycles. The first kappa shape index (κ1) is 10.0. The monoisotopic (exact) mass is 208 g/mol. The summed E-state index contributed by atoms with van der Waals surface area (Å²) >= 11 is 0. The molecule has 0 unspecified atom stereocenters. The minimum Gasteiger partial charge on any atom is -0.347 e. The Bertz CT molecular complexity index is 322. The highest BCUT2D eigenvalue weighted by Crippen LogP contribution is 2.29. The number of carbonyl (C=O) groups is 1. The molecule has 0 aliphatic carbocycles. The Balaban J connectivity index is 2.08. The van der Waals surface area contributed by atoms with Gasteiger partial charge in [0.25, 0.3) is 0 Å². The number of urea groups is 1. The zero-order valence-corrected chi connectivity index (χ0v) is 8.86. The number of carbonyl (C=O) groups excluding carboxylic acids is 1. The number of aromatic amines is 1. The molecule has 1 aliphatic rings. The summed E-state index contributed by atoms with van der Waals surface area (Å²) < 4.78 is 0. The predicted molar refractivity (Wildman–Crippen MR) is 56.3 cm³/mol. The quantitative estimate of drug-likeness (QED) is 0.769. The molecule has 82 valence electrons. The molecule has 2 amide bonds. The van der Waals surface area contributed by atoms with E-state index < -0.39 is 0 Å². The number of amides is 2. The first-order valence-corrected chi connectivity index (χ1v) is 5.36. The summed E-state index contributed by atoms with van der Waals surface area (Å²) in [7, 11) is 0. The van der Waals surface area contributed by atoms with Crippen molar-refractivity contribution in [3.05, 3.63) is 18.2 Å². The van der Waals surface area contributed by atoms with Crippen molar-refractivity contribution in [1.82, 2.24) is 20.2 Å². The van der Waals surface area contributed by atoms with Gasteiger partial charge in [0.15, 0.2) is 0 Å². The average Bonchev–Trinajstić information content (AvgIpc) is 2.88. The maximum absolute atomic E-state index is 11.7. The lowest BCUT2D eigenvalue weighted by atomic mass is 10.2. The van der Waals surface area contributed by atoms with Crippen molar-refractivity contribution >= 4 is 6.03 Å². The standard InChI is InChI=1S/C10H16N4O/c1-2-11-10(15)14-7-3-4-8(14)9-12-5-6-13-9/h5-6,8H,2-4,7H2,1H3,(H,11,15)(H,12,13)/t8-/m0/s1. The fourth-order valence-corrected chi connectivity index (χ4v) is 2.01. The van der Waals surface area contributed by atoms with Crippen LogP contribution in [0, 0.1) is 0 Å². The lowest BCUT2D eigenvalue weighted by molar-refractivity contribution is 0.192. The van der Waals surface area contributed by atoms with Crippen LogP contribution in [0.15, 0.2) is 12.4 Å². The number of imidazole rings is 1. The Morgan fingerprint density at radius 3 is 3.33 bits per heavy atom. The van der Waals surface area contributed by atoms with E-state index in [1.54, 1.807) is 12.4 Å². The normalized spacial score (nSPS) is 20.6. The Morgan fingerprint density at radius 2 is 2.67 bits per heavy atom. The molecule has 2 heterocycles. The van der Waals surface area contributed by atoms with Gasteiger partial charge in [-0.25, -0.2) is 9.78 Å². The van der Waals surface area contributed by atoms with Gasteiger partial charge >= 0.3 is 6.03 Å². The van der Waals surface area contributed by atoms with E-state index in [0.717, 1.165) is 25.2 Å². The molecule has 0 aromatic carbocycles. The maximum atomic E-state index is 11.7. The first-order valence-electron chi connectivity index (χ1n) is 5.36. The van der Waals surface area contributed by atoms with Gasteiger partial charge in [-0.3, -0.25) is 0 Å². The molecule has 15 heavy (non-hydrogen) atoms. The van der Waals surface area contributed by atoms with Gasteiger partial charge in [0.2, 0.25) is 0 Å². The second kappa shape index (κ2) is 4.33. The van der Waals surface area contributed by atoms with Gasteiger partial charge in [0, 0.05) is 25.5 Å². The van der Waals surface area contributed by atoms with E-state index in [1.165, 1.54) is 0 Å². The number of likely N-dealkylation sites (tertiary alicyclic amines) is 1. The van der Waals surface area contributed by atoms with Crippen molar-refractivity contribution in [2.75, 3.05) is 13.1 Å². The van der Waals surface area contributed by atoms with E-state index in [0.29, 0.717) is 6.54 Å². The number of hydrogen-bond donors (Lipinski definition) is 2. The van der Waals surface area contributed by atoms with Crippen molar-refractivity contribution in [1.29, 1.82) is 0 Å². The third-order valence-corrected chi connectivity index (χ3v) is 2.68. The first-order chi connectivity index (χ1) is 7.33. The van der Waals surface area contributed by atoms with Crippen LogP contribution < -0.4 is 5.32 Å². The molecular weight excluding hydrogens is 192 g/mol. The Hall–Kier alpha value is -1.52. The summed E-state index contributed by atoms with van der Waals surface area (Å²) in [6.45, 7) is 3.41. The lowest BCUT2D eigenvalue weighted by Gasteiger charge is -2.23. The van der Waals surface area contributed by atoms with E-state index in [4.69, 9.17) is 0 Å². The summed E-state index contributed by atoms with van der Waals surface area (Å²) in [4.78, 5) is 20.9. The van der Waals surface area contributed by atoms with Gasteiger partial charge in [-0.15, -0.1) is 0 Å². The summed E-state index contributed by atoms with van der Waals surface area (Å²) in [6.07, 6.45) is 5.56. The Kier molecular flexibility index (Phi) is 2.89. The summed E-state index contributed by atoms with van der Waals surface area (Å²) in [5.41, 5.74) is 0. The minimum absolute atomic E-state index is 0.0106. The van der Waals surface area contributed by atoms with Crippen LogP contribution in [-0.4, -0.2) is 34.0 Å². The molecule has 1 fully saturated rings. The van der Waals surface area contributed by atoms with E-state index >= 15 is 0 Å². The largest absolute Gasteiger partial charge is 0.347 e. The van der Waals surface area contributed by atoms with E-state index in [2.05, 4.69) is 15.3 Å². The average molecular weight is 208 g/mol. The SMILES string of the molecule is CCNC(=O)N1CCC[C@H]1c1ncc[nH]1. The fraction of sp³-hybridized carbons (Fsp3) is 0.600. The molecule has 1 atom stereocenters. The summed E-state index contributed by atoms with van der Waals surface area (Å²) in [5, 5.41) is 2.82. The van der Waals surface area contributed by atoms with Crippen LogP contribution in [0.5, 0.6) is 0 Å².